The summed E-state index contributed by atoms with van der Waals surface area (Å²) in [6.45, 7) is 0. The minimum atomic E-state index is 1.12. The number of nitrogens with zero attached hydrogens (tertiary/aromatic N) is 1. The third-order valence-corrected chi connectivity index (χ3v) is 8.43. The second-order valence-corrected chi connectivity index (χ2v) is 11.0. The molecule has 0 spiro atoms. The molecule has 0 heterocycles. The second-order valence-electron chi connectivity index (χ2n) is 11.0. The first kappa shape index (κ1) is 25.1. The standard InChI is InChI=1S/C42H29N/c1-2-13-36(14-3-1)43(37-24-20-31(21-25-37)34-19-18-30-10-4-5-11-33(30)28-34)38-26-22-32(23-27-38)42-29-35-12-6-7-15-39(35)40-16-8-9-17-41(40)42/h1-29H. The minimum absolute atomic E-state index is 1.12. The normalized spacial score (nSPS) is 11.3. The van der Waals surface area contributed by atoms with E-state index in [1.54, 1.807) is 0 Å². The highest BCUT2D eigenvalue weighted by atomic mass is 15.1. The number of hydrogen-bond donors (Lipinski definition) is 0. The maximum Gasteiger partial charge on any atom is 0.0462 e. The van der Waals surface area contributed by atoms with Crippen molar-refractivity contribution in [2.45, 2.75) is 0 Å². The van der Waals surface area contributed by atoms with Gasteiger partial charge in [-0.1, -0.05) is 127 Å². The summed E-state index contributed by atoms with van der Waals surface area (Å²) < 4.78 is 0. The van der Waals surface area contributed by atoms with Crippen LogP contribution in [0.2, 0.25) is 0 Å². The molecular weight excluding hydrogens is 518 g/mol. The Morgan fingerprint density at radius 2 is 0.791 bits per heavy atom. The van der Waals surface area contributed by atoms with Crippen molar-refractivity contribution in [3.63, 3.8) is 0 Å². The third kappa shape index (κ3) is 4.62. The van der Waals surface area contributed by atoms with Crippen LogP contribution in [-0.2, 0) is 0 Å². The quantitative estimate of drug-likeness (QED) is 0.194. The summed E-state index contributed by atoms with van der Waals surface area (Å²) in [5.74, 6) is 0. The van der Waals surface area contributed by atoms with Gasteiger partial charge in [0.2, 0.25) is 0 Å². The van der Waals surface area contributed by atoms with E-state index >= 15 is 0 Å². The molecule has 43 heavy (non-hydrogen) atoms. The van der Waals surface area contributed by atoms with E-state index in [4.69, 9.17) is 0 Å². The van der Waals surface area contributed by atoms with Gasteiger partial charge < -0.3 is 4.90 Å². The highest BCUT2D eigenvalue weighted by molar-refractivity contribution is 6.13. The molecule has 0 N–H and O–H groups in total. The van der Waals surface area contributed by atoms with Gasteiger partial charge in [0.25, 0.3) is 0 Å². The minimum Gasteiger partial charge on any atom is -0.311 e. The van der Waals surface area contributed by atoms with E-state index in [1.807, 2.05) is 0 Å². The van der Waals surface area contributed by atoms with E-state index in [-0.39, 0.29) is 0 Å². The fourth-order valence-corrected chi connectivity index (χ4v) is 6.28. The van der Waals surface area contributed by atoms with Crippen molar-refractivity contribution < 1.29 is 0 Å². The zero-order valence-electron chi connectivity index (χ0n) is 23.7. The summed E-state index contributed by atoms with van der Waals surface area (Å²) in [4.78, 5) is 2.33. The average molecular weight is 548 g/mol. The number of para-hydroxylation sites is 1. The lowest BCUT2D eigenvalue weighted by Gasteiger charge is -2.26. The molecule has 8 rings (SSSR count). The van der Waals surface area contributed by atoms with E-state index in [9.17, 15) is 0 Å². The van der Waals surface area contributed by atoms with Crippen LogP contribution in [-0.4, -0.2) is 0 Å². The van der Waals surface area contributed by atoms with Crippen molar-refractivity contribution in [2.24, 2.45) is 0 Å². The monoisotopic (exact) mass is 547 g/mol. The number of hydrogen-bond acceptors (Lipinski definition) is 1. The smallest absolute Gasteiger partial charge is 0.0462 e. The average Bonchev–Trinajstić information content (AvgIpc) is 3.09. The summed E-state index contributed by atoms with van der Waals surface area (Å²) in [7, 11) is 0. The van der Waals surface area contributed by atoms with Crippen LogP contribution in [0.5, 0.6) is 0 Å². The van der Waals surface area contributed by atoms with Crippen molar-refractivity contribution in [3.05, 3.63) is 176 Å². The molecule has 8 aromatic rings. The molecule has 1 heteroatoms. The van der Waals surface area contributed by atoms with Gasteiger partial charge in [0.05, 0.1) is 0 Å². The van der Waals surface area contributed by atoms with E-state index < -0.39 is 0 Å². The Morgan fingerprint density at radius 1 is 0.279 bits per heavy atom. The maximum atomic E-state index is 2.33. The molecule has 8 aromatic carbocycles. The summed E-state index contributed by atoms with van der Waals surface area (Å²) in [6.07, 6.45) is 0. The summed E-state index contributed by atoms with van der Waals surface area (Å²) in [5, 5.41) is 7.64. The Hall–Kier alpha value is -5.66. The molecule has 0 saturated carbocycles. The first-order valence-corrected chi connectivity index (χ1v) is 14.8. The van der Waals surface area contributed by atoms with E-state index in [2.05, 4.69) is 181 Å². The van der Waals surface area contributed by atoms with Gasteiger partial charge in [-0.05, 0) is 103 Å². The van der Waals surface area contributed by atoms with Crippen LogP contribution >= 0.6 is 0 Å². The molecule has 0 bridgehead atoms. The predicted octanol–water partition coefficient (Wildman–Crippen LogP) is 11.9. The summed E-state index contributed by atoms with van der Waals surface area (Å²) in [6, 6.07) is 63.4. The zero-order chi connectivity index (χ0) is 28.6. The van der Waals surface area contributed by atoms with Crippen molar-refractivity contribution in [2.75, 3.05) is 4.90 Å². The molecule has 0 unspecified atom stereocenters. The third-order valence-electron chi connectivity index (χ3n) is 8.43. The Morgan fingerprint density at radius 3 is 1.51 bits per heavy atom. The van der Waals surface area contributed by atoms with Gasteiger partial charge in [-0.2, -0.15) is 0 Å². The van der Waals surface area contributed by atoms with Gasteiger partial charge in [0, 0.05) is 17.1 Å². The van der Waals surface area contributed by atoms with Gasteiger partial charge in [0.1, 0.15) is 0 Å². The molecule has 0 aliphatic carbocycles. The lowest BCUT2D eigenvalue weighted by Crippen LogP contribution is -2.09. The molecule has 0 radical (unpaired) electrons. The SMILES string of the molecule is c1ccc(N(c2ccc(-c3ccc4ccccc4c3)cc2)c2ccc(-c3cc4ccccc4c4ccccc34)cc2)cc1. The molecule has 0 atom stereocenters. The van der Waals surface area contributed by atoms with E-state index in [0.29, 0.717) is 0 Å². The first-order valence-electron chi connectivity index (χ1n) is 14.8. The molecule has 0 fully saturated rings. The van der Waals surface area contributed by atoms with Crippen molar-refractivity contribution in [3.8, 4) is 22.3 Å². The molecule has 0 aliphatic heterocycles. The number of anilines is 3. The van der Waals surface area contributed by atoms with Crippen molar-refractivity contribution in [1.82, 2.24) is 0 Å². The maximum absolute atomic E-state index is 2.33. The van der Waals surface area contributed by atoms with Gasteiger partial charge in [0.15, 0.2) is 0 Å². The Kier molecular flexibility index (Phi) is 6.20. The molecule has 0 amide bonds. The largest absolute Gasteiger partial charge is 0.311 e. The van der Waals surface area contributed by atoms with Crippen LogP contribution in [0.1, 0.15) is 0 Å². The Balaban J connectivity index is 1.19. The molecule has 0 saturated heterocycles. The van der Waals surface area contributed by atoms with Crippen LogP contribution in [0.4, 0.5) is 17.1 Å². The first-order chi connectivity index (χ1) is 21.3. The summed E-state index contributed by atoms with van der Waals surface area (Å²) in [5.41, 5.74) is 8.28. The Bertz CT molecular complexity index is 2210. The topological polar surface area (TPSA) is 3.24 Å². The Labute approximate surface area is 251 Å². The number of rotatable bonds is 5. The van der Waals surface area contributed by atoms with E-state index in [0.717, 1.165) is 17.1 Å². The fourth-order valence-electron chi connectivity index (χ4n) is 6.28. The molecule has 1 nitrogen and oxygen atoms in total. The van der Waals surface area contributed by atoms with E-state index in [1.165, 1.54) is 54.6 Å². The lowest BCUT2D eigenvalue weighted by molar-refractivity contribution is 1.28. The van der Waals surface area contributed by atoms with Crippen LogP contribution in [0, 0.1) is 0 Å². The highest BCUT2D eigenvalue weighted by Gasteiger charge is 2.14. The molecule has 202 valence electrons. The highest BCUT2D eigenvalue weighted by Crippen LogP contribution is 2.39. The van der Waals surface area contributed by atoms with Crippen molar-refractivity contribution >= 4 is 49.4 Å². The summed E-state index contributed by atoms with van der Waals surface area (Å²) >= 11 is 0. The van der Waals surface area contributed by atoms with Crippen LogP contribution in [0.25, 0.3) is 54.6 Å². The lowest BCUT2D eigenvalue weighted by atomic mass is 9.93. The van der Waals surface area contributed by atoms with Crippen molar-refractivity contribution in [1.29, 1.82) is 0 Å². The predicted molar refractivity (Wildman–Crippen MR) is 185 cm³/mol. The van der Waals surface area contributed by atoms with Gasteiger partial charge in [-0.25, -0.2) is 0 Å². The molecule has 0 aliphatic rings. The van der Waals surface area contributed by atoms with Crippen LogP contribution in [0.3, 0.4) is 0 Å². The second kappa shape index (κ2) is 10.6. The van der Waals surface area contributed by atoms with Crippen LogP contribution in [0.15, 0.2) is 176 Å². The van der Waals surface area contributed by atoms with Gasteiger partial charge in [-0.15, -0.1) is 0 Å². The number of benzene rings is 8. The molecular formula is C42H29N. The van der Waals surface area contributed by atoms with Gasteiger partial charge in [-0.3, -0.25) is 0 Å². The molecule has 0 aromatic heterocycles. The van der Waals surface area contributed by atoms with Crippen LogP contribution < -0.4 is 4.90 Å². The zero-order valence-corrected chi connectivity index (χ0v) is 23.7. The number of fused-ring (bicyclic) bond motifs is 4. The van der Waals surface area contributed by atoms with Gasteiger partial charge >= 0.3 is 0 Å². The fraction of sp³-hybridized carbons (Fsp3) is 0.